The lowest BCUT2D eigenvalue weighted by Crippen LogP contribution is -2.16. The molecule has 0 bridgehead atoms. The van der Waals surface area contributed by atoms with E-state index in [9.17, 15) is 9.59 Å². The van der Waals surface area contributed by atoms with Crippen LogP contribution in [0.5, 0.6) is 0 Å². The van der Waals surface area contributed by atoms with Crippen molar-refractivity contribution in [2.24, 2.45) is 0 Å². The molecule has 1 rings (SSSR count). The van der Waals surface area contributed by atoms with Gasteiger partial charge in [-0.2, -0.15) is 0 Å². The zero-order valence-electron chi connectivity index (χ0n) is 4.73. The fraction of sp³-hybridized carbons (Fsp3) is 0. The standard InChI is InChI=1S/C6H2Cl2O2/c7-3-1-2-4(8)6(10)5(3)9/h1-2H. The van der Waals surface area contributed by atoms with Gasteiger partial charge in [0.1, 0.15) is 0 Å². The van der Waals surface area contributed by atoms with E-state index in [0.717, 1.165) is 0 Å². The van der Waals surface area contributed by atoms with Crippen molar-refractivity contribution < 1.29 is 9.59 Å². The molecule has 0 aromatic carbocycles. The fourth-order valence-electron chi connectivity index (χ4n) is 0.515. The Morgan fingerprint density at radius 1 is 0.900 bits per heavy atom. The monoisotopic (exact) mass is 176 g/mol. The van der Waals surface area contributed by atoms with Crippen molar-refractivity contribution in [1.29, 1.82) is 0 Å². The van der Waals surface area contributed by atoms with Gasteiger partial charge in [-0.25, -0.2) is 0 Å². The van der Waals surface area contributed by atoms with Gasteiger partial charge in [0, 0.05) is 0 Å². The van der Waals surface area contributed by atoms with E-state index in [1.165, 1.54) is 12.2 Å². The highest BCUT2D eigenvalue weighted by molar-refractivity contribution is 6.67. The second-order valence-electron chi connectivity index (χ2n) is 1.69. The van der Waals surface area contributed by atoms with Crippen molar-refractivity contribution in [2.75, 3.05) is 0 Å². The molecule has 2 nitrogen and oxygen atoms in total. The van der Waals surface area contributed by atoms with E-state index in [4.69, 9.17) is 23.2 Å². The second kappa shape index (κ2) is 2.56. The van der Waals surface area contributed by atoms with Crippen molar-refractivity contribution in [1.82, 2.24) is 0 Å². The topological polar surface area (TPSA) is 34.1 Å². The molecule has 1 aliphatic rings. The Bertz CT molecular complexity index is 227. The number of Topliss-reactive ketones (excluding diaryl/α,β-unsaturated/α-hetero) is 2. The molecule has 0 heterocycles. The zero-order valence-corrected chi connectivity index (χ0v) is 6.24. The predicted octanol–water partition coefficient (Wildman–Crippen LogP) is 1.38. The summed E-state index contributed by atoms with van der Waals surface area (Å²) in [4.78, 5) is 21.3. The van der Waals surface area contributed by atoms with Crippen molar-refractivity contribution in [3.05, 3.63) is 22.2 Å². The molecule has 0 N–H and O–H groups in total. The third-order valence-electron chi connectivity index (χ3n) is 1.02. The Hall–Kier alpha value is -0.600. The molecular formula is C6H2Cl2O2. The van der Waals surface area contributed by atoms with Crippen LogP contribution in [0.15, 0.2) is 22.2 Å². The van der Waals surface area contributed by atoms with Gasteiger partial charge in [-0.05, 0) is 12.2 Å². The molecule has 10 heavy (non-hydrogen) atoms. The number of rotatable bonds is 0. The van der Waals surface area contributed by atoms with E-state index >= 15 is 0 Å². The first-order chi connectivity index (χ1) is 4.63. The van der Waals surface area contributed by atoms with Gasteiger partial charge in [-0.3, -0.25) is 9.59 Å². The average Bonchev–Trinajstić information content (AvgIpc) is 1.93. The van der Waals surface area contributed by atoms with E-state index in [-0.39, 0.29) is 10.1 Å². The van der Waals surface area contributed by atoms with Gasteiger partial charge in [0.2, 0.25) is 11.6 Å². The van der Waals surface area contributed by atoms with Crippen LogP contribution in [0.4, 0.5) is 0 Å². The first-order valence-corrected chi connectivity index (χ1v) is 3.20. The minimum atomic E-state index is -0.742. The molecule has 0 aliphatic heterocycles. The van der Waals surface area contributed by atoms with Crippen LogP contribution >= 0.6 is 23.2 Å². The number of halogens is 2. The fourth-order valence-corrected chi connectivity index (χ4v) is 0.812. The van der Waals surface area contributed by atoms with Crippen molar-refractivity contribution >= 4 is 34.8 Å². The van der Waals surface area contributed by atoms with E-state index in [0.29, 0.717) is 0 Å². The smallest absolute Gasteiger partial charge is 0.245 e. The second-order valence-corrected chi connectivity index (χ2v) is 2.50. The maximum atomic E-state index is 10.7. The predicted molar refractivity (Wildman–Crippen MR) is 37.9 cm³/mol. The summed E-state index contributed by atoms with van der Waals surface area (Å²) in [5.74, 6) is -1.48. The molecule has 0 spiro atoms. The third-order valence-corrected chi connectivity index (χ3v) is 1.61. The molecule has 0 fully saturated rings. The molecule has 4 heteroatoms. The van der Waals surface area contributed by atoms with Crippen LogP contribution in [-0.4, -0.2) is 11.6 Å². The molecule has 0 aromatic rings. The summed E-state index contributed by atoms with van der Waals surface area (Å²) in [7, 11) is 0. The Morgan fingerprint density at radius 3 is 1.50 bits per heavy atom. The number of hydrogen-bond donors (Lipinski definition) is 0. The van der Waals surface area contributed by atoms with E-state index in [1.807, 2.05) is 0 Å². The Kier molecular flexibility index (Phi) is 1.92. The molecular weight excluding hydrogens is 175 g/mol. The van der Waals surface area contributed by atoms with E-state index in [1.54, 1.807) is 0 Å². The van der Waals surface area contributed by atoms with Gasteiger partial charge < -0.3 is 0 Å². The number of carbonyl (C=O) groups is 2. The van der Waals surface area contributed by atoms with Crippen LogP contribution in [0, 0.1) is 0 Å². The molecule has 0 saturated carbocycles. The minimum Gasteiger partial charge on any atom is -0.284 e. The SMILES string of the molecule is O=C1C(=O)C(Cl)=CC=C1Cl. The van der Waals surface area contributed by atoms with Gasteiger partial charge in [-0.15, -0.1) is 0 Å². The maximum Gasteiger partial charge on any atom is 0.245 e. The summed E-state index contributed by atoms with van der Waals surface area (Å²) in [6.07, 6.45) is 2.60. The van der Waals surface area contributed by atoms with Crippen molar-refractivity contribution in [3.63, 3.8) is 0 Å². The zero-order chi connectivity index (χ0) is 7.72. The third kappa shape index (κ3) is 1.13. The summed E-state index contributed by atoms with van der Waals surface area (Å²) in [6, 6.07) is 0. The van der Waals surface area contributed by atoms with Gasteiger partial charge in [-0.1, -0.05) is 23.2 Å². The largest absolute Gasteiger partial charge is 0.284 e. The minimum absolute atomic E-state index is 0.0885. The summed E-state index contributed by atoms with van der Waals surface area (Å²) in [5, 5.41) is -0.177. The Morgan fingerprint density at radius 2 is 1.20 bits per heavy atom. The van der Waals surface area contributed by atoms with Crippen molar-refractivity contribution in [3.8, 4) is 0 Å². The Labute approximate surface area is 67.1 Å². The van der Waals surface area contributed by atoms with Crippen LogP contribution in [0.1, 0.15) is 0 Å². The normalized spacial score (nSPS) is 18.6. The van der Waals surface area contributed by atoms with Gasteiger partial charge in [0.25, 0.3) is 0 Å². The quantitative estimate of drug-likeness (QED) is 0.413. The van der Waals surface area contributed by atoms with E-state index in [2.05, 4.69) is 0 Å². The first-order valence-electron chi connectivity index (χ1n) is 2.45. The van der Waals surface area contributed by atoms with Crippen LogP contribution in [0.3, 0.4) is 0 Å². The number of hydrogen-bond acceptors (Lipinski definition) is 2. The van der Waals surface area contributed by atoms with Crippen molar-refractivity contribution in [2.45, 2.75) is 0 Å². The maximum absolute atomic E-state index is 10.7. The molecule has 0 radical (unpaired) electrons. The number of ketones is 2. The Balaban J connectivity index is 3.09. The molecule has 0 saturated heterocycles. The molecule has 0 unspecified atom stereocenters. The molecule has 52 valence electrons. The summed E-state index contributed by atoms with van der Waals surface area (Å²) < 4.78 is 0. The highest BCUT2D eigenvalue weighted by Gasteiger charge is 2.22. The van der Waals surface area contributed by atoms with Crippen LogP contribution < -0.4 is 0 Å². The van der Waals surface area contributed by atoms with Crippen LogP contribution in [0.2, 0.25) is 0 Å². The number of carbonyl (C=O) groups excluding carboxylic acids is 2. The summed E-state index contributed by atoms with van der Waals surface area (Å²) in [6.45, 7) is 0. The first kappa shape index (κ1) is 7.51. The van der Waals surface area contributed by atoms with Crippen LogP contribution in [0.25, 0.3) is 0 Å². The van der Waals surface area contributed by atoms with Crippen LogP contribution in [-0.2, 0) is 9.59 Å². The van der Waals surface area contributed by atoms with E-state index < -0.39 is 11.6 Å². The molecule has 1 aliphatic carbocycles. The molecule has 0 amide bonds. The van der Waals surface area contributed by atoms with Gasteiger partial charge in [0.15, 0.2) is 0 Å². The molecule has 0 atom stereocenters. The lowest BCUT2D eigenvalue weighted by atomic mass is 10.1. The number of allylic oxidation sites excluding steroid dienone is 4. The summed E-state index contributed by atoms with van der Waals surface area (Å²) >= 11 is 10.6. The summed E-state index contributed by atoms with van der Waals surface area (Å²) in [5.41, 5.74) is 0. The lowest BCUT2D eigenvalue weighted by Gasteiger charge is -2.00. The molecule has 0 aromatic heterocycles. The average molecular weight is 177 g/mol. The van der Waals surface area contributed by atoms with Gasteiger partial charge >= 0.3 is 0 Å². The van der Waals surface area contributed by atoms with Gasteiger partial charge in [0.05, 0.1) is 10.1 Å². The lowest BCUT2D eigenvalue weighted by molar-refractivity contribution is -0.131. The highest BCUT2D eigenvalue weighted by Crippen LogP contribution is 2.16. The highest BCUT2D eigenvalue weighted by atomic mass is 35.5.